The lowest BCUT2D eigenvalue weighted by Gasteiger charge is -2.18. The molecule has 1 saturated heterocycles. The van der Waals surface area contributed by atoms with Crippen LogP contribution in [-0.4, -0.2) is 47.4 Å². The van der Waals surface area contributed by atoms with Crippen molar-refractivity contribution in [1.82, 2.24) is 15.2 Å². The van der Waals surface area contributed by atoms with Crippen LogP contribution in [0.4, 0.5) is 4.39 Å². The normalized spacial score (nSPS) is 19.3. The number of ether oxygens (including phenoxy) is 1. The van der Waals surface area contributed by atoms with Gasteiger partial charge < -0.3 is 15.0 Å². The number of fused-ring (bicyclic) bond motifs is 1. The molecule has 2 aliphatic heterocycles. The average molecular weight is 445 g/mol. The third-order valence-electron chi connectivity index (χ3n) is 6.15. The van der Waals surface area contributed by atoms with Gasteiger partial charge in [0.2, 0.25) is 11.8 Å². The van der Waals surface area contributed by atoms with Gasteiger partial charge in [-0.3, -0.25) is 14.6 Å². The lowest BCUT2D eigenvalue weighted by molar-refractivity contribution is -0.133. The number of hydrogen-bond acceptors (Lipinski definition) is 4. The average Bonchev–Trinajstić information content (AvgIpc) is 3.41. The minimum absolute atomic E-state index is 0.0148. The maximum Gasteiger partial charge on any atom is 0.239 e. The summed E-state index contributed by atoms with van der Waals surface area (Å²) in [5, 5.41) is 2.87. The van der Waals surface area contributed by atoms with Crippen molar-refractivity contribution < 1.29 is 18.7 Å². The van der Waals surface area contributed by atoms with E-state index in [1.165, 1.54) is 12.1 Å². The van der Waals surface area contributed by atoms with E-state index in [9.17, 15) is 14.0 Å². The van der Waals surface area contributed by atoms with Crippen LogP contribution in [0.25, 0.3) is 11.3 Å². The second-order valence-electron chi connectivity index (χ2n) is 8.49. The fourth-order valence-corrected chi connectivity index (χ4v) is 4.55. The van der Waals surface area contributed by atoms with Crippen molar-refractivity contribution in [1.29, 1.82) is 0 Å². The number of nitrogens with one attached hydrogen (secondary N) is 1. The fourth-order valence-electron chi connectivity index (χ4n) is 4.55. The quantitative estimate of drug-likeness (QED) is 0.632. The molecular weight excluding hydrogens is 421 g/mol. The van der Waals surface area contributed by atoms with E-state index in [0.717, 1.165) is 11.1 Å². The Morgan fingerprint density at radius 3 is 2.73 bits per heavy atom. The van der Waals surface area contributed by atoms with Gasteiger partial charge >= 0.3 is 0 Å². The molecule has 33 heavy (non-hydrogen) atoms. The van der Waals surface area contributed by atoms with E-state index >= 15 is 0 Å². The Balaban J connectivity index is 1.18. The highest BCUT2D eigenvalue weighted by Crippen LogP contribution is 2.38. The number of hydrogen-bond donors (Lipinski definition) is 1. The molecule has 2 aliphatic rings. The van der Waals surface area contributed by atoms with Crippen LogP contribution < -0.4 is 10.1 Å². The molecule has 2 amide bonds. The molecule has 1 N–H and O–H groups in total. The Labute approximate surface area is 191 Å². The van der Waals surface area contributed by atoms with Crippen molar-refractivity contribution >= 4 is 11.8 Å². The van der Waals surface area contributed by atoms with Crippen molar-refractivity contribution in [2.75, 3.05) is 19.6 Å². The van der Waals surface area contributed by atoms with Gasteiger partial charge in [0, 0.05) is 42.6 Å². The van der Waals surface area contributed by atoms with Crippen LogP contribution in [0.3, 0.4) is 0 Å². The van der Waals surface area contributed by atoms with Crippen LogP contribution >= 0.6 is 0 Å². The highest BCUT2D eigenvalue weighted by atomic mass is 19.1. The summed E-state index contributed by atoms with van der Waals surface area (Å²) in [4.78, 5) is 30.8. The fraction of sp³-hybridized carbons (Fsp3) is 0.269. The second-order valence-corrected chi connectivity index (χ2v) is 8.49. The molecule has 2 aromatic carbocycles. The molecule has 5 rings (SSSR count). The summed E-state index contributed by atoms with van der Waals surface area (Å²) in [6.45, 7) is 0.838. The zero-order valence-electron chi connectivity index (χ0n) is 18.0. The first-order chi connectivity index (χ1) is 16.1. The molecule has 1 fully saturated rings. The van der Waals surface area contributed by atoms with Crippen molar-refractivity contribution in [3.63, 3.8) is 0 Å². The summed E-state index contributed by atoms with van der Waals surface area (Å²) in [6, 6.07) is 18.2. The molecule has 2 unspecified atom stereocenters. The van der Waals surface area contributed by atoms with Crippen LogP contribution in [0.2, 0.25) is 0 Å². The van der Waals surface area contributed by atoms with E-state index in [1.807, 2.05) is 42.5 Å². The predicted molar refractivity (Wildman–Crippen MR) is 121 cm³/mol. The molecule has 2 atom stereocenters. The number of likely N-dealkylation sites (tertiary alicyclic amines) is 1. The molecule has 6 nitrogen and oxygen atoms in total. The minimum Gasteiger partial charge on any atom is -0.487 e. The molecule has 0 aliphatic carbocycles. The summed E-state index contributed by atoms with van der Waals surface area (Å²) in [7, 11) is 0. The highest BCUT2D eigenvalue weighted by molar-refractivity contribution is 5.86. The number of benzene rings is 2. The van der Waals surface area contributed by atoms with Crippen molar-refractivity contribution in [3.05, 3.63) is 83.8 Å². The molecule has 0 saturated carbocycles. The smallest absolute Gasteiger partial charge is 0.239 e. The molecule has 0 bridgehead atoms. The second kappa shape index (κ2) is 9.02. The van der Waals surface area contributed by atoms with Crippen LogP contribution in [0, 0.1) is 5.82 Å². The van der Waals surface area contributed by atoms with Crippen LogP contribution in [-0.2, 0) is 16.0 Å². The van der Waals surface area contributed by atoms with Gasteiger partial charge in [0.15, 0.2) is 0 Å². The molecule has 168 valence electrons. The number of nitrogens with zero attached hydrogens (tertiary/aromatic N) is 2. The number of halogens is 1. The Kier molecular flexibility index (Phi) is 5.77. The van der Waals surface area contributed by atoms with E-state index in [-0.39, 0.29) is 42.7 Å². The van der Waals surface area contributed by atoms with Crippen molar-refractivity contribution in [2.24, 2.45) is 0 Å². The van der Waals surface area contributed by atoms with Gasteiger partial charge in [-0.25, -0.2) is 4.39 Å². The Morgan fingerprint density at radius 2 is 1.94 bits per heavy atom. The number of carbonyl (C=O) groups excluding carboxylic acids is 2. The van der Waals surface area contributed by atoms with E-state index in [2.05, 4.69) is 10.3 Å². The molecule has 0 radical (unpaired) electrons. The number of amides is 2. The Morgan fingerprint density at radius 1 is 1.12 bits per heavy atom. The SMILES string of the molecule is O=C(CN1CC(c2ccccc2)CC1=O)NCC1Cc2cc(F)cc(-c3ccccn3)c2O1. The van der Waals surface area contributed by atoms with Crippen molar-refractivity contribution in [3.8, 4) is 17.0 Å². The summed E-state index contributed by atoms with van der Waals surface area (Å²) < 4.78 is 20.2. The number of carbonyl (C=O) groups is 2. The van der Waals surface area contributed by atoms with E-state index in [0.29, 0.717) is 36.4 Å². The van der Waals surface area contributed by atoms with Gasteiger partial charge in [0.25, 0.3) is 0 Å². The van der Waals surface area contributed by atoms with Crippen LogP contribution in [0.1, 0.15) is 23.5 Å². The first-order valence-corrected chi connectivity index (χ1v) is 11.1. The zero-order chi connectivity index (χ0) is 22.8. The lowest BCUT2D eigenvalue weighted by atomic mass is 9.99. The molecule has 3 aromatic rings. The summed E-state index contributed by atoms with van der Waals surface area (Å²) in [5.74, 6) is 0.129. The first-order valence-electron chi connectivity index (χ1n) is 11.1. The molecule has 7 heteroatoms. The van der Waals surface area contributed by atoms with Gasteiger partial charge in [-0.15, -0.1) is 0 Å². The van der Waals surface area contributed by atoms with Gasteiger partial charge in [-0.05, 0) is 29.8 Å². The third-order valence-corrected chi connectivity index (χ3v) is 6.15. The number of aromatic nitrogens is 1. The standard InChI is InChI=1S/C26H24FN3O3/c27-20-10-18-11-21(33-26(18)22(13-20)23-8-4-5-9-28-23)14-29-24(31)16-30-15-19(12-25(30)32)17-6-2-1-3-7-17/h1-10,13,19,21H,11-12,14-16H2,(H,29,31). The van der Waals surface area contributed by atoms with Crippen LogP contribution in [0.15, 0.2) is 66.9 Å². The maximum atomic E-state index is 14.2. The summed E-state index contributed by atoms with van der Waals surface area (Å²) in [5.41, 5.74) is 3.12. The van der Waals surface area contributed by atoms with E-state index in [1.54, 1.807) is 17.2 Å². The summed E-state index contributed by atoms with van der Waals surface area (Å²) >= 11 is 0. The molecule has 3 heterocycles. The maximum absolute atomic E-state index is 14.2. The van der Waals surface area contributed by atoms with Crippen molar-refractivity contribution in [2.45, 2.75) is 24.9 Å². The minimum atomic E-state index is -0.344. The summed E-state index contributed by atoms with van der Waals surface area (Å²) in [6.07, 6.45) is 2.26. The Bertz CT molecular complexity index is 1170. The van der Waals surface area contributed by atoms with E-state index < -0.39 is 0 Å². The third kappa shape index (κ3) is 4.58. The van der Waals surface area contributed by atoms with E-state index in [4.69, 9.17) is 4.74 Å². The first kappa shape index (κ1) is 21.1. The Hall–Kier alpha value is -3.74. The molecule has 0 spiro atoms. The highest BCUT2D eigenvalue weighted by Gasteiger charge is 2.32. The van der Waals surface area contributed by atoms with Gasteiger partial charge in [-0.1, -0.05) is 36.4 Å². The topological polar surface area (TPSA) is 71.5 Å². The largest absolute Gasteiger partial charge is 0.487 e. The number of rotatable bonds is 6. The number of pyridine rings is 1. The predicted octanol–water partition coefficient (Wildman–Crippen LogP) is 3.32. The molecular formula is C26H24FN3O3. The van der Waals surface area contributed by atoms with Crippen LogP contribution in [0.5, 0.6) is 5.75 Å². The van der Waals surface area contributed by atoms with Gasteiger partial charge in [0.1, 0.15) is 17.7 Å². The van der Waals surface area contributed by atoms with Gasteiger partial charge in [0.05, 0.1) is 18.8 Å². The zero-order valence-corrected chi connectivity index (χ0v) is 18.0. The lowest BCUT2D eigenvalue weighted by Crippen LogP contribution is -2.41. The molecule has 1 aromatic heterocycles. The monoisotopic (exact) mass is 445 g/mol. The van der Waals surface area contributed by atoms with Gasteiger partial charge in [-0.2, -0.15) is 0 Å².